The molecule has 0 saturated heterocycles. The van der Waals surface area contributed by atoms with E-state index in [0.717, 1.165) is 39.6 Å². The first-order valence-corrected chi connectivity index (χ1v) is 17.4. The summed E-state index contributed by atoms with van der Waals surface area (Å²) in [6, 6.07) is 45.8. The van der Waals surface area contributed by atoms with Crippen LogP contribution in [-0.2, 0) is 20.7 Å². The Morgan fingerprint density at radius 1 is 0.489 bits per heavy atom. The normalized spacial score (nSPS) is 15.7. The second kappa shape index (κ2) is 10.4. The number of pyridine rings is 1. The summed E-state index contributed by atoms with van der Waals surface area (Å²) in [5, 5.41) is -0.00390. The van der Waals surface area contributed by atoms with Gasteiger partial charge in [-0.25, -0.2) is 13.4 Å². The molecule has 1 aromatic heterocycles. The number of fused-ring (bicyclic) bond motifs is 4. The zero-order chi connectivity index (χ0) is 32.6. The molecule has 3 heterocycles. The molecule has 2 aliphatic rings. The summed E-state index contributed by atoms with van der Waals surface area (Å²) in [5.41, 5.74) is 8.80. The number of hydrogen-bond acceptors (Lipinski definition) is 5. The van der Waals surface area contributed by atoms with Crippen molar-refractivity contribution in [3.63, 3.8) is 0 Å². The van der Waals surface area contributed by atoms with Crippen LogP contribution in [0.3, 0.4) is 0 Å². The van der Waals surface area contributed by atoms with E-state index in [4.69, 9.17) is 4.98 Å². The van der Waals surface area contributed by atoms with Gasteiger partial charge in [0, 0.05) is 23.0 Å². The molecule has 232 valence electrons. The van der Waals surface area contributed by atoms with Crippen molar-refractivity contribution in [2.45, 2.75) is 48.4 Å². The molecule has 0 fully saturated rings. The number of aromatic nitrogens is 1. The van der Waals surface area contributed by atoms with Gasteiger partial charge in [-0.15, -0.1) is 0 Å². The van der Waals surface area contributed by atoms with Crippen LogP contribution in [0, 0.1) is 0 Å². The fourth-order valence-electron chi connectivity index (χ4n) is 7.44. The molecular weight excluding hydrogens is 599 g/mol. The molecule has 0 unspecified atom stereocenters. The lowest BCUT2D eigenvalue weighted by molar-refractivity contribution is 0.592. The van der Waals surface area contributed by atoms with E-state index in [1.807, 2.05) is 36.4 Å². The maximum Gasteiger partial charge on any atom is 0.223 e. The first kappa shape index (κ1) is 29.2. The molecule has 0 atom stereocenters. The van der Waals surface area contributed by atoms with Gasteiger partial charge in [-0.05, 0) is 58.7 Å². The summed E-state index contributed by atoms with van der Waals surface area (Å²) >= 11 is 0. The molecule has 2 aliphatic heterocycles. The standard InChI is InChI=1S/C41H35N3O2S/c1-40(2)30-18-8-12-22-34(30)43(35-23-13-9-19-31(35)40)28-26-38(42-39(27-28)47(45,46)29-16-6-5-7-17-29)44-36-24-14-10-20-32(36)41(3,4)33-21-11-15-25-37(33)44/h5-27H,1-4H3. The fourth-order valence-corrected chi connectivity index (χ4v) is 8.69. The molecular formula is C41H35N3O2S. The Balaban J connectivity index is 1.45. The predicted octanol–water partition coefficient (Wildman–Crippen LogP) is 10.1. The summed E-state index contributed by atoms with van der Waals surface area (Å²) in [4.78, 5) is 9.51. The van der Waals surface area contributed by atoms with E-state index in [0.29, 0.717) is 5.82 Å². The van der Waals surface area contributed by atoms with E-state index in [9.17, 15) is 8.42 Å². The molecule has 6 heteroatoms. The minimum atomic E-state index is -3.98. The lowest BCUT2D eigenvalue weighted by Crippen LogP contribution is -2.32. The zero-order valence-corrected chi connectivity index (χ0v) is 27.7. The third-order valence-corrected chi connectivity index (χ3v) is 11.5. The highest BCUT2D eigenvalue weighted by Gasteiger charge is 2.40. The lowest BCUT2D eigenvalue weighted by atomic mass is 9.73. The molecule has 0 N–H and O–H groups in total. The summed E-state index contributed by atoms with van der Waals surface area (Å²) in [5.74, 6) is 0.534. The largest absolute Gasteiger partial charge is 0.310 e. The van der Waals surface area contributed by atoms with Gasteiger partial charge in [0.2, 0.25) is 9.84 Å². The maximum atomic E-state index is 14.4. The van der Waals surface area contributed by atoms with Crippen LogP contribution in [0.4, 0.5) is 34.3 Å². The lowest BCUT2D eigenvalue weighted by Gasteiger charge is -2.43. The van der Waals surface area contributed by atoms with Crippen molar-refractivity contribution in [3.8, 4) is 0 Å². The third kappa shape index (κ3) is 4.35. The molecule has 0 spiro atoms. The Labute approximate surface area is 276 Å². The molecule has 0 amide bonds. The van der Waals surface area contributed by atoms with Gasteiger partial charge < -0.3 is 4.90 Å². The molecule has 8 rings (SSSR count). The van der Waals surface area contributed by atoms with Gasteiger partial charge in [-0.2, -0.15) is 0 Å². The van der Waals surface area contributed by atoms with Crippen LogP contribution in [-0.4, -0.2) is 13.4 Å². The van der Waals surface area contributed by atoms with Crippen LogP contribution >= 0.6 is 0 Å². The van der Waals surface area contributed by atoms with Crippen molar-refractivity contribution in [1.82, 2.24) is 4.98 Å². The number of para-hydroxylation sites is 4. The van der Waals surface area contributed by atoms with E-state index in [1.54, 1.807) is 30.3 Å². The van der Waals surface area contributed by atoms with Gasteiger partial charge in [0.25, 0.3) is 0 Å². The average Bonchev–Trinajstić information content (AvgIpc) is 3.09. The number of hydrogen-bond donors (Lipinski definition) is 0. The minimum absolute atomic E-state index is 0.00390. The topological polar surface area (TPSA) is 53.5 Å². The smallest absolute Gasteiger partial charge is 0.223 e. The summed E-state index contributed by atoms with van der Waals surface area (Å²) < 4.78 is 28.8. The van der Waals surface area contributed by atoms with Crippen LogP contribution in [0.25, 0.3) is 0 Å². The van der Waals surface area contributed by atoms with Crippen molar-refractivity contribution < 1.29 is 8.42 Å². The maximum absolute atomic E-state index is 14.4. The SMILES string of the molecule is CC1(C)c2ccccc2N(c2cc(N3c4ccccc4C(C)(C)c4ccccc43)nc(S(=O)(=O)c3ccccc3)c2)c2ccccc21. The van der Waals surface area contributed by atoms with Crippen LogP contribution in [0.5, 0.6) is 0 Å². The number of benzene rings is 5. The zero-order valence-electron chi connectivity index (χ0n) is 26.8. The predicted molar refractivity (Wildman–Crippen MR) is 190 cm³/mol. The monoisotopic (exact) mass is 633 g/mol. The summed E-state index contributed by atoms with van der Waals surface area (Å²) in [7, 11) is -3.98. The van der Waals surface area contributed by atoms with Crippen LogP contribution < -0.4 is 9.80 Å². The van der Waals surface area contributed by atoms with E-state index in [2.05, 4.69) is 110 Å². The number of anilines is 6. The van der Waals surface area contributed by atoms with Gasteiger partial charge >= 0.3 is 0 Å². The minimum Gasteiger partial charge on any atom is -0.310 e. The quantitative estimate of drug-likeness (QED) is 0.193. The van der Waals surface area contributed by atoms with Gasteiger partial charge in [0.05, 0.1) is 33.3 Å². The van der Waals surface area contributed by atoms with Gasteiger partial charge in [0.1, 0.15) is 5.82 Å². The second-order valence-corrected chi connectivity index (χ2v) is 15.2. The highest BCUT2D eigenvalue weighted by atomic mass is 32.2. The Hall–Kier alpha value is -5.20. The molecule has 0 saturated carbocycles. The highest BCUT2D eigenvalue weighted by Crippen LogP contribution is 2.54. The fraction of sp³-hybridized carbons (Fsp3) is 0.146. The van der Waals surface area contributed by atoms with Crippen molar-refractivity contribution in [2.75, 3.05) is 9.80 Å². The van der Waals surface area contributed by atoms with E-state index in [1.165, 1.54) is 11.1 Å². The Morgan fingerprint density at radius 2 is 0.872 bits per heavy atom. The highest BCUT2D eigenvalue weighted by molar-refractivity contribution is 7.91. The second-order valence-electron chi connectivity index (χ2n) is 13.3. The third-order valence-electron chi connectivity index (χ3n) is 9.86. The number of sulfone groups is 1. The van der Waals surface area contributed by atoms with E-state index in [-0.39, 0.29) is 20.8 Å². The first-order chi connectivity index (χ1) is 22.6. The molecule has 0 radical (unpaired) electrons. The molecule has 0 aliphatic carbocycles. The van der Waals surface area contributed by atoms with E-state index >= 15 is 0 Å². The van der Waals surface area contributed by atoms with Crippen LogP contribution in [0.2, 0.25) is 0 Å². The Morgan fingerprint density at radius 3 is 1.32 bits per heavy atom. The molecule has 47 heavy (non-hydrogen) atoms. The summed E-state index contributed by atoms with van der Waals surface area (Å²) in [6.07, 6.45) is 0. The van der Waals surface area contributed by atoms with Gasteiger partial charge in [0.15, 0.2) is 5.03 Å². The van der Waals surface area contributed by atoms with E-state index < -0.39 is 9.84 Å². The van der Waals surface area contributed by atoms with Crippen molar-refractivity contribution >= 4 is 44.1 Å². The summed E-state index contributed by atoms with van der Waals surface area (Å²) in [6.45, 7) is 8.96. The Bertz CT molecular complexity index is 2070. The van der Waals surface area contributed by atoms with Crippen molar-refractivity contribution in [3.05, 3.63) is 162 Å². The van der Waals surface area contributed by atoms with Gasteiger partial charge in [-0.3, -0.25) is 4.90 Å². The number of nitrogens with zero attached hydrogens (tertiary/aromatic N) is 3. The Kier molecular flexibility index (Phi) is 6.47. The first-order valence-electron chi connectivity index (χ1n) is 15.9. The van der Waals surface area contributed by atoms with Crippen LogP contribution in [0.1, 0.15) is 49.9 Å². The van der Waals surface area contributed by atoms with Crippen molar-refractivity contribution in [1.29, 1.82) is 0 Å². The molecule has 5 nitrogen and oxygen atoms in total. The van der Waals surface area contributed by atoms with Crippen LogP contribution in [0.15, 0.2) is 149 Å². The van der Waals surface area contributed by atoms with Gasteiger partial charge in [-0.1, -0.05) is 119 Å². The molecule has 5 aromatic carbocycles. The van der Waals surface area contributed by atoms with Crippen molar-refractivity contribution in [2.24, 2.45) is 0 Å². The number of rotatable bonds is 4. The molecule has 0 bridgehead atoms. The average molecular weight is 634 g/mol. The molecule has 6 aromatic rings.